The monoisotopic (exact) mass is 495 g/mol. The van der Waals surface area contributed by atoms with Gasteiger partial charge in [0.05, 0.1) is 18.2 Å². The molecule has 1 aliphatic rings. The van der Waals surface area contributed by atoms with Gasteiger partial charge in [-0.15, -0.1) is 11.3 Å². The van der Waals surface area contributed by atoms with Crippen molar-refractivity contribution in [3.8, 4) is 11.4 Å². The van der Waals surface area contributed by atoms with Crippen molar-refractivity contribution in [1.82, 2.24) is 9.97 Å². The molecule has 4 rings (SSSR count). The highest BCUT2D eigenvalue weighted by Gasteiger charge is 2.29. The second kappa shape index (κ2) is 11.3. The molecule has 2 heterocycles. The number of benzene rings is 1. The van der Waals surface area contributed by atoms with Gasteiger partial charge in [-0.05, 0) is 49.8 Å². The van der Waals surface area contributed by atoms with Gasteiger partial charge in [-0.1, -0.05) is 31.9 Å². The van der Waals surface area contributed by atoms with Crippen LogP contribution in [0, 0.1) is 0 Å². The Morgan fingerprint density at radius 2 is 1.83 bits per heavy atom. The first-order valence-electron chi connectivity index (χ1n) is 11.9. The molecule has 0 aliphatic heterocycles. The van der Waals surface area contributed by atoms with Gasteiger partial charge in [0.25, 0.3) is 5.91 Å². The Bertz CT molecular complexity index is 1180. The Kier molecular flexibility index (Phi) is 7.97. The summed E-state index contributed by atoms with van der Waals surface area (Å²) in [7, 11) is 1.34. The fraction of sp³-hybridized carbons (Fsp3) is 0.385. The highest BCUT2D eigenvalue weighted by molar-refractivity contribution is 7.17. The van der Waals surface area contributed by atoms with Crippen LogP contribution in [0.3, 0.4) is 0 Å². The van der Waals surface area contributed by atoms with Crippen molar-refractivity contribution in [2.75, 3.05) is 12.4 Å². The molecule has 0 radical (unpaired) electrons. The summed E-state index contributed by atoms with van der Waals surface area (Å²) in [6.07, 6.45) is 8.65. The first kappa shape index (κ1) is 24.7. The number of methoxy groups -OCH3 is 1. The van der Waals surface area contributed by atoms with E-state index in [0.717, 1.165) is 54.5 Å². The lowest BCUT2D eigenvalue weighted by molar-refractivity contribution is -0.124. The van der Waals surface area contributed by atoms with Gasteiger partial charge in [-0.2, -0.15) is 0 Å². The number of ether oxygens (including phenoxy) is 2. The second-order valence-electron chi connectivity index (χ2n) is 8.42. The quantitative estimate of drug-likeness (QED) is 0.438. The van der Waals surface area contributed by atoms with Gasteiger partial charge >= 0.3 is 11.9 Å². The maximum Gasteiger partial charge on any atom is 0.341 e. The van der Waals surface area contributed by atoms with Crippen LogP contribution in [0.5, 0.6) is 0 Å². The summed E-state index contributed by atoms with van der Waals surface area (Å²) >= 11 is 1.42. The van der Waals surface area contributed by atoms with E-state index in [0.29, 0.717) is 28.4 Å². The third-order valence-electron chi connectivity index (χ3n) is 6.10. The summed E-state index contributed by atoms with van der Waals surface area (Å²) in [5.74, 6) is -0.820. The number of carbonyl (C=O) groups is 3. The average molecular weight is 496 g/mol. The second-order valence-corrected chi connectivity index (χ2v) is 9.53. The van der Waals surface area contributed by atoms with Gasteiger partial charge in [-0.3, -0.25) is 4.79 Å². The molecule has 3 aromatic rings. The predicted octanol–water partition coefficient (Wildman–Crippen LogP) is 5.16. The number of thiophene rings is 1. The van der Waals surface area contributed by atoms with E-state index in [1.165, 1.54) is 18.4 Å². The smallest absolute Gasteiger partial charge is 0.341 e. The molecule has 2 N–H and O–H groups in total. The van der Waals surface area contributed by atoms with Gasteiger partial charge in [0.1, 0.15) is 10.8 Å². The molecule has 1 aliphatic carbocycles. The largest absolute Gasteiger partial charge is 0.465 e. The molecule has 8 nitrogen and oxygen atoms in total. The number of hydrogen-bond donors (Lipinski definition) is 2. The number of nitrogens with zero attached hydrogens (tertiary/aromatic N) is 1. The van der Waals surface area contributed by atoms with Crippen LogP contribution in [-0.4, -0.2) is 41.0 Å². The number of aromatic nitrogens is 2. The molecule has 0 saturated heterocycles. The van der Waals surface area contributed by atoms with Crippen LogP contribution in [-0.2, 0) is 27.1 Å². The normalized spacial score (nSPS) is 14.2. The van der Waals surface area contributed by atoms with Crippen molar-refractivity contribution < 1.29 is 23.9 Å². The molecular formula is C26H29N3O5S. The van der Waals surface area contributed by atoms with Crippen molar-refractivity contribution in [3.05, 3.63) is 58.2 Å². The number of nitrogens with one attached hydrogen (secondary N) is 2. The number of esters is 2. The first-order valence-corrected chi connectivity index (χ1v) is 12.7. The van der Waals surface area contributed by atoms with Crippen LogP contribution in [0.15, 0.2) is 36.7 Å². The predicted molar refractivity (Wildman–Crippen MR) is 134 cm³/mol. The van der Waals surface area contributed by atoms with Crippen molar-refractivity contribution >= 4 is 34.2 Å². The van der Waals surface area contributed by atoms with Crippen molar-refractivity contribution in [3.63, 3.8) is 0 Å². The number of aromatic amines is 1. The van der Waals surface area contributed by atoms with Gasteiger partial charge < -0.3 is 19.8 Å². The van der Waals surface area contributed by atoms with Gasteiger partial charge in [0.15, 0.2) is 6.10 Å². The van der Waals surface area contributed by atoms with E-state index in [2.05, 4.69) is 15.3 Å². The topological polar surface area (TPSA) is 110 Å². The fourth-order valence-electron chi connectivity index (χ4n) is 4.22. The van der Waals surface area contributed by atoms with Crippen molar-refractivity contribution in [1.29, 1.82) is 0 Å². The molecule has 1 atom stereocenters. The Morgan fingerprint density at radius 1 is 1.09 bits per heavy atom. The van der Waals surface area contributed by atoms with Crippen molar-refractivity contribution in [2.24, 2.45) is 0 Å². The molecule has 0 spiro atoms. The van der Waals surface area contributed by atoms with Crippen LogP contribution >= 0.6 is 11.3 Å². The summed E-state index contributed by atoms with van der Waals surface area (Å²) < 4.78 is 10.6. The van der Waals surface area contributed by atoms with E-state index in [9.17, 15) is 14.4 Å². The summed E-state index contributed by atoms with van der Waals surface area (Å²) in [6.45, 7) is 1.77. The average Bonchev–Trinajstić information content (AvgIpc) is 3.50. The molecular weight excluding hydrogens is 466 g/mol. The number of fused-ring (bicyclic) bond motifs is 1. The first-order chi connectivity index (χ1) is 17.0. The zero-order chi connectivity index (χ0) is 24.8. The molecule has 35 heavy (non-hydrogen) atoms. The van der Waals surface area contributed by atoms with E-state index in [-0.39, 0.29) is 0 Å². The standard InChI is InChI=1S/C26H29N3O5S/c1-3-19(34-25(31)17-12-10-16(11-13-17)22-27-14-15-28-22)23(30)29-24-21(26(32)33-2)18-8-6-4-5-7-9-20(18)35-24/h10-15,19H,3-9H2,1-2H3,(H,27,28)(H,29,30). The summed E-state index contributed by atoms with van der Waals surface area (Å²) in [4.78, 5) is 46.7. The van der Waals surface area contributed by atoms with Gasteiger partial charge in [0.2, 0.25) is 0 Å². The fourth-order valence-corrected chi connectivity index (χ4v) is 5.51. The lowest BCUT2D eigenvalue weighted by atomic mass is 9.96. The molecule has 1 aromatic carbocycles. The van der Waals surface area contributed by atoms with E-state index in [1.54, 1.807) is 43.6 Å². The van der Waals surface area contributed by atoms with Crippen molar-refractivity contribution in [2.45, 2.75) is 58.0 Å². The number of rotatable bonds is 7. The number of hydrogen-bond acceptors (Lipinski definition) is 7. The van der Waals surface area contributed by atoms with E-state index in [1.807, 2.05) is 0 Å². The Labute approximate surface area is 208 Å². The minimum Gasteiger partial charge on any atom is -0.465 e. The maximum absolute atomic E-state index is 13.1. The Balaban J connectivity index is 1.49. The molecule has 184 valence electrons. The lowest BCUT2D eigenvalue weighted by Gasteiger charge is -2.16. The zero-order valence-electron chi connectivity index (χ0n) is 19.9. The number of aryl methyl sites for hydroxylation is 1. The lowest BCUT2D eigenvalue weighted by Crippen LogP contribution is -2.32. The summed E-state index contributed by atoms with van der Waals surface area (Å²) in [5.41, 5.74) is 2.57. The number of amides is 1. The Hall–Kier alpha value is -3.46. The highest BCUT2D eigenvalue weighted by Crippen LogP contribution is 2.37. The molecule has 1 unspecified atom stereocenters. The number of imidazole rings is 1. The summed E-state index contributed by atoms with van der Waals surface area (Å²) in [6, 6.07) is 6.81. The minimum absolute atomic E-state index is 0.292. The number of anilines is 1. The van der Waals surface area contributed by atoms with E-state index < -0.39 is 23.9 Å². The van der Waals surface area contributed by atoms with Crippen LogP contribution in [0.2, 0.25) is 0 Å². The third-order valence-corrected chi connectivity index (χ3v) is 7.31. The molecule has 0 saturated carbocycles. The van der Waals surface area contributed by atoms with E-state index in [4.69, 9.17) is 9.47 Å². The Morgan fingerprint density at radius 3 is 2.49 bits per heavy atom. The number of carbonyl (C=O) groups excluding carboxylic acids is 3. The van der Waals surface area contributed by atoms with Gasteiger partial charge in [0, 0.05) is 22.8 Å². The SMILES string of the molecule is CCC(OC(=O)c1ccc(-c2ncc[nH]2)cc1)C(=O)Nc1sc2c(c1C(=O)OC)CCCCCC2. The molecule has 1 amide bonds. The van der Waals surface area contributed by atoms with Crippen LogP contribution in [0.1, 0.15) is 70.2 Å². The van der Waals surface area contributed by atoms with Gasteiger partial charge in [-0.25, -0.2) is 14.6 Å². The van der Waals surface area contributed by atoms with Crippen LogP contribution in [0.4, 0.5) is 5.00 Å². The third kappa shape index (κ3) is 5.62. The molecule has 0 bridgehead atoms. The van der Waals surface area contributed by atoms with Crippen LogP contribution in [0.25, 0.3) is 11.4 Å². The molecule has 2 aromatic heterocycles. The summed E-state index contributed by atoms with van der Waals surface area (Å²) in [5, 5.41) is 3.31. The van der Waals surface area contributed by atoms with E-state index >= 15 is 0 Å². The van der Waals surface area contributed by atoms with Crippen LogP contribution < -0.4 is 5.32 Å². The maximum atomic E-state index is 13.1. The minimum atomic E-state index is -0.998. The highest BCUT2D eigenvalue weighted by atomic mass is 32.1. The molecule has 0 fully saturated rings. The zero-order valence-corrected chi connectivity index (χ0v) is 20.7. The molecule has 9 heteroatoms. The number of H-pyrrole nitrogens is 1.